The minimum atomic E-state index is -0.388. The number of ether oxygens (including phenoxy) is 1. The number of piperidine rings is 1. The molecule has 2 aliphatic rings. The fourth-order valence-corrected chi connectivity index (χ4v) is 3.54. The molecule has 164 valence electrons. The number of carbonyl (C=O) groups is 3. The Morgan fingerprint density at radius 1 is 1.19 bits per heavy atom. The normalized spacial score (nSPS) is 18.7. The Balaban J connectivity index is 1.28. The van der Waals surface area contributed by atoms with Crippen molar-refractivity contribution in [3.8, 4) is 16.9 Å². The highest BCUT2D eigenvalue weighted by Gasteiger charge is 2.25. The fraction of sp³-hybridized carbons (Fsp3) is 0.435. The first-order valence-corrected chi connectivity index (χ1v) is 10.7. The monoisotopic (exact) mass is 427 g/mol. The lowest BCUT2D eigenvalue weighted by Crippen LogP contribution is -2.50. The third-order valence-electron chi connectivity index (χ3n) is 5.61. The molecule has 1 aromatic carbocycles. The van der Waals surface area contributed by atoms with E-state index < -0.39 is 0 Å². The second-order valence-electron chi connectivity index (χ2n) is 8.16. The Bertz CT molecular complexity index is 983. The van der Waals surface area contributed by atoms with Crippen LogP contribution in [-0.4, -0.2) is 41.5 Å². The minimum Gasteiger partial charge on any atom is -0.490 e. The van der Waals surface area contributed by atoms with Gasteiger partial charge in [-0.1, -0.05) is 6.07 Å². The van der Waals surface area contributed by atoms with Crippen molar-refractivity contribution in [2.75, 3.05) is 13.2 Å². The molecule has 2 heterocycles. The van der Waals surface area contributed by atoms with Crippen LogP contribution in [0, 0.1) is 11.7 Å². The summed E-state index contributed by atoms with van der Waals surface area (Å²) in [4.78, 5) is 35.4. The van der Waals surface area contributed by atoms with E-state index >= 15 is 0 Å². The molecule has 1 saturated carbocycles. The summed E-state index contributed by atoms with van der Waals surface area (Å²) in [6, 6.07) is 6.16. The summed E-state index contributed by atoms with van der Waals surface area (Å²) < 4.78 is 21.1. The topological polar surface area (TPSA) is 89.4 Å². The summed E-state index contributed by atoms with van der Waals surface area (Å²) >= 11 is 0. The number of benzene rings is 1. The standard InChI is InChI=1S/C23H26FN3O4/c24-18-6-5-16(12-20(18)31-14-15-3-4-15)17-9-11-27(13-17)22(29)2-1-10-25-19-7-8-21(28)26-23(19)30/h5-6,9,11-13,15,19,25H,1-4,7-8,10,14H2,(H,26,28,30). The van der Waals surface area contributed by atoms with Gasteiger partial charge in [-0.25, -0.2) is 4.39 Å². The Morgan fingerprint density at radius 2 is 2.03 bits per heavy atom. The van der Waals surface area contributed by atoms with Gasteiger partial charge in [-0.05, 0) is 67.5 Å². The number of nitrogens with zero attached hydrogens (tertiary/aromatic N) is 1. The first-order chi connectivity index (χ1) is 15.0. The zero-order chi connectivity index (χ0) is 21.8. The molecule has 0 spiro atoms. The van der Waals surface area contributed by atoms with E-state index in [4.69, 9.17) is 4.74 Å². The molecule has 0 bridgehead atoms. The second-order valence-corrected chi connectivity index (χ2v) is 8.16. The summed E-state index contributed by atoms with van der Waals surface area (Å²) in [7, 11) is 0. The molecule has 1 aliphatic heterocycles. The minimum absolute atomic E-state index is 0.0661. The van der Waals surface area contributed by atoms with Crippen molar-refractivity contribution in [2.24, 2.45) is 5.92 Å². The fourth-order valence-electron chi connectivity index (χ4n) is 3.54. The van der Waals surface area contributed by atoms with Gasteiger partial charge < -0.3 is 10.1 Å². The van der Waals surface area contributed by atoms with Crippen LogP contribution in [0.5, 0.6) is 5.75 Å². The molecule has 31 heavy (non-hydrogen) atoms. The van der Waals surface area contributed by atoms with Gasteiger partial charge >= 0.3 is 0 Å². The Hall–Kier alpha value is -3.00. The van der Waals surface area contributed by atoms with E-state index in [0.717, 1.165) is 24.0 Å². The first kappa shape index (κ1) is 21.2. The third kappa shape index (κ3) is 5.58. The zero-order valence-electron chi connectivity index (χ0n) is 17.2. The number of rotatable bonds is 9. The van der Waals surface area contributed by atoms with Gasteiger partial charge in [0.05, 0.1) is 12.6 Å². The molecule has 1 atom stereocenters. The largest absolute Gasteiger partial charge is 0.490 e. The number of nitrogens with one attached hydrogen (secondary N) is 2. The Labute approximate surface area is 180 Å². The lowest BCUT2D eigenvalue weighted by Gasteiger charge is -2.21. The van der Waals surface area contributed by atoms with Crippen molar-refractivity contribution in [2.45, 2.75) is 44.6 Å². The summed E-state index contributed by atoms with van der Waals surface area (Å²) in [5.74, 6) is -0.233. The van der Waals surface area contributed by atoms with Crippen molar-refractivity contribution in [1.82, 2.24) is 15.2 Å². The molecule has 2 N–H and O–H groups in total. The van der Waals surface area contributed by atoms with Crippen LogP contribution in [0.3, 0.4) is 0 Å². The predicted molar refractivity (Wildman–Crippen MR) is 112 cm³/mol. The van der Waals surface area contributed by atoms with Gasteiger partial charge in [-0.3, -0.25) is 24.3 Å². The smallest absolute Gasteiger partial charge is 0.243 e. The van der Waals surface area contributed by atoms with Gasteiger partial charge in [0.1, 0.15) is 0 Å². The number of aromatic nitrogens is 1. The van der Waals surface area contributed by atoms with Gasteiger partial charge in [-0.15, -0.1) is 0 Å². The van der Waals surface area contributed by atoms with Crippen LogP contribution in [0.1, 0.15) is 43.3 Å². The molecule has 1 unspecified atom stereocenters. The second kappa shape index (κ2) is 9.43. The van der Waals surface area contributed by atoms with E-state index in [-0.39, 0.29) is 35.3 Å². The molecule has 1 saturated heterocycles. The first-order valence-electron chi connectivity index (χ1n) is 10.7. The Kier molecular flexibility index (Phi) is 6.46. The predicted octanol–water partition coefficient (Wildman–Crippen LogP) is 2.90. The van der Waals surface area contributed by atoms with Gasteiger partial charge in [0.15, 0.2) is 11.6 Å². The number of hydrogen-bond donors (Lipinski definition) is 2. The number of imide groups is 1. The maximum absolute atomic E-state index is 14.0. The van der Waals surface area contributed by atoms with Gasteiger partial charge in [-0.2, -0.15) is 0 Å². The summed E-state index contributed by atoms with van der Waals surface area (Å²) in [5, 5.41) is 5.39. The van der Waals surface area contributed by atoms with Crippen molar-refractivity contribution < 1.29 is 23.5 Å². The molecule has 1 aromatic heterocycles. The van der Waals surface area contributed by atoms with Crippen molar-refractivity contribution in [3.63, 3.8) is 0 Å². The van der Waals surface area contributed by atoms with Gasteiger partial charge in [0.2, 0.25) is 17.7 Å². The molecule has 2 aromatic rings. The number of hydrogen-bond acceptors (Lipinski definition) is 5. The highest BCUT2D eigenvalue weighted by Crippen LogP contribution is 2.32. The van der Waals surface area contributed by atoms with Crippen LogP contribution < -0.4 is 15.4 Å². The van der Waals surface area contributed by atoms with Gasteiger partial charge in [0.25, 0.3) is 0 Å². The molecular weight excluding hydrogens is 401 g/mol. The van der Waals surface area contributed by atoms with E-state index in [2.05, 4.69) is 10.6 Å². The van der Waals surface area contributed by atoms with Crippen LogP contribution in [0.15, 0.2) is 36.7 Å². The van der Waals surface area contributed by atoms with E-state index in [0.29, 0.717) is 44.8 Å². The third-order valence-corrected chi connectivity index (χ3v) is 5.61. The molecule has 0 radical (unpaired) electrons. The van der Waals surface area contributed by atoms with E-state index in [9.17, 15) is 18.8 Å². The van der Waals surface area contributed by atoms with Crippen LogP contribution in [0.25, 0.3) is 11.1 Å². The SMILES string of the molecule is O=C1CCC(NCCCC(=O)n2ccc(-c3ccc(F)c(OCC4CC4)c3)c2)C(=O)N1. The molecule has 4 rings (SSSR count). The highest BCUT2D eigenvalue weighted by molar-refractivity contribution is 6.00. The maximum atomic E-state index is 14.0. The van der Waals surface area contributed by atoms with Crippen molar-refractivity contribution >= 4 is 17.7 Å². The quantitative estimate of drug-likeness (QED) is 0.475. The van der Waals surface area contributed by atoms with Crippen molar-refractivity contribution in [3.05, 3.63) is 42.5 Å². The van der Waals surface area contributed by atoms with E-state index in [1.54, 1.807) is 24.5 Å². The lowest BCUT2D eigenvalue weighted by atomic mass is 10.1. The molecule has 2 fully saturated rings. The molecule has 1 aliphatic carbocycles. The highest BCUT2D eigenvalue weighted by atomic mass is 19.1. The average molecular weight is 427 g/mol. The molecular formula is C23H26FN3O4. The van der Waals surface area contributed by atoms with Gasteiger partial charge in [0, 0.05) is 25.2 Å². The van der Waals surface area contributed by atoms with Crippen LogP contribution in [-0.2, 0) is 9.59 Å². The lowest BCUT2D eigenvalue weighted by molar-refractivity contribution is -0.134. The van der Waals surface area contributed by atoms with E-state index in [1.807, 2.05) is 6.07 Å². The number of amides is 2. The Morgan fingerprint density at radius 3 is 2.81 bits per heavy atom. The van der Waals surface area contributed by atoms with Crippen LogP contribution in [0.2, 0.25) is 0 Å². The summed E-state index contributed by atoms with van der Waals surface area (Å²) in [5.41, 5.74) is 1.60. The van der Waals surface area contributed by atoms with Crippen molar-refractivity contribution in [1.29, 1.82) is 0 Å². The molecule has 8 heteroatoms. The summed E-state index contributed by atoms with van der Waals surface area (Å²) in [6.07, 6.45) is 7.38. The van der Waals surface area contributed by atoms with Crippen LogP contribution >= 0.6 is 0 Å². The number of carbonyl (C=O) groups excluding carboxylic acids is 3. The average Bonchev–Trinajstić information content (AvgIpc) is 3.45. The summed E-state index contributed by atoms with van der Waals surface area (Å²) in [6.45, 7) is 1.04. The molecule has 2 amide bonds. The zero-order valence-corrected chi connectivity index (χ0v) is 17.2. The maximum Gasteiger partial charge on any atom is 0.243 e. The van der Waals surface area contributed by atoms with E-state index in [1.165, 1.54) is 10.6 Å². The van der Waals surface area contributed by atoms with Crippen LogP contribution in [0.4, 0.5) is 4.39 Å². The molecule has 7 nitrogen and oxygen atoms in total. The number of halogens is 1.